The summed E-state index contributed by atoms with van der Waals surface area (Å²) < 4.78 is 29.0. The van der Waals surface area contributed by atoms with E-state index in [-0.39, 0.29) is 28.7 Å². The van der Waals surface area contributed by atoms with E-state index in [9.17, 15) is 18.0 Å². The van der Waals surface area contributed by atoms with Crippen LogP contribution in [0.25, 0.3) is 0 Å². The zero-order valence-corrected chi connectivity index (χ0v) is 20.3. The second-order valence-electron chi connectivity index (χ2n) is 9.44. The quantitative estimate of drug-likeness (QED) is 0.577. The number of anilines is 1. The Labute approximate surface area is 192 Å². The summed E-state index contributed by atoms with van der Waals surface area (Å²) in [6.45, 7) is 6.35. The number of rotatable bonds is 8. The first kappa shape index (κ1) is 24.7. The molecule has 1 aromatic rings. The number of nitrogens with zero attached hydrogens (tertiary/aromatic N) is 1. The van der Waals surface area contributed by atoms with Crippen LogP contribution in [0.3, 0.4) is 0 Å². The van der Waals surface area contributed by atoms with Crippen molar-refractivity contribution in [3.05, 3.63) is 23.8 Å². The lowest BCUT2D eigenvalue weighted by Gasteiger charge is -2.24. The van der Waals surface area contributed by atoms with E-state index < -0.39 is 16.1 Å². The van der Waals surface area contributed by atoms with Gasteiger partial charge in [0.25, 0.3) is 0 Å². The van der Waals surface area contributed by atoms with Gasteiger partial charge in [0.1, 0.15) is 6.04 Å². The maximum Gasteiger partial charge on any atom is 0.241 e. The van der Waals surface area contributed by atoms with Crippen LogP contribution in [-0.4, -0.2) is 38.9 Å². The zero-order chi connectivity index (χ0) is 23.3. The van der Waals surface area contributed by atoms with Crippen molar-refractivity contribution >= 4 is 27.5 Å². The number of benzene rings is 1. The molecule has 1 aliphatic heterocycles. The Morgan fingerprint density at radius 3 is 2.44 bits per heavy atom. The van der Waals surface area contributed by atoms with Crippen LogP contribution in [0.4, 0.5) is 5.69 Å². The van der Waals surface area contributed by atoms with Crippen LogP contribution in [0, 0.1) is 5.92 Å². The number of fused-ring (bicyclic) bond motifs is 1. The van der Waals surface area contributed by atoms with E-state index >= 15 is 0 Å². The number of carbonyl (C=O) groups excluding carboxylic acids is 2. The highest BCUT2D eigenvalue weighted by molar-refractivity contribution is 7.89. The maximum atomic E-state index is 13.2. The molecular formula is C24H37N3O4S. The van der Waals surface area contributed by atoms with Crippen LogP contribution in [-0.2, 0) is 26.0 Å². The fourth-order valence-corrected chi connectivity index (χ4v) is 5.91. The van der Waals surface area contributed by atoms with E-state index in [4.69, 9.17) is 0 Å². The van der Waals surface area contributed by atoms with Gasteiger partial charge in [-0.2, -0.15) is 4.72 Å². The number of nitrogens with one attached hydrogen (secondary N) is 2. The molecule has 0 aromatic heterocycles. The minimum absolute atomic E-state index is 0.0321. The molecule has 0 saturated heterocycles. The number of amides is 2. The SMILES string of the molecule is CCC(=O)N1CCc2cc(S(=O)(=O)NC(CC(C)C)C(=O)NC3CCCCCC3)ccc21. The van der Waals surface area contributed by atoms with Gasteiger partial charge in [0.05, 0.1) is 4.90 Å². The third kappa shape index (κ3) is 6.10. The van der Waals surface area contributed by atoms with Gasteiger partial charge < -0.3 is 10.2 Å². The molecule has 2 amide bonds. The fraction of sp³-hybridized carbons (Fsp3) is 0.667. The van der Waals surface area contributed by atoms with Gasteiger partial charge >= 0.3 is 0 Å². The van der Waals surface area contributed by atoms with Gasteiger partial charge in [-0.25, -0.2) is 8.42 Å². The van der Waals surface area contributed by atoms with Gasteiger partial charge in [0.15, 0.2) is 0 Å². The van der Waals surface area contributed by atoms with Crippen LogP contribution >= 0.6 is 0 Å². The van der Waals surface area contributed by atoms with Crippen molar-refractivity contribution in [2.45, 2.75) is 95.5 Å². The normalized spacial score (nSPS) is 18.3. The molecule has 2 aliphatic rings. The van der Waals surface area contributed by atoms with Gasteiger partial charge in [-0.3, -0.25) is 9.59 Å². The smallest absolute Gasteiger partial charge is 0.241 e. The highest BCUT2D eigenvalue weighted by Gasteiger charge is 2.30. The maximum absolute atomic E-state index is 13.2. The summed E-state index contributed by atoms with van der Waals surface area (Å²) in [4.78, 5) is 27.0. The Bertz CT molecular complexity index is 921. The second kappa shape index (κ2) is 10.8. The van der Waals surface area contributed by atoms with E-state index in [1.165, 1.54) is 18.9 Å². The van der Waals surface area contributed by atoms with Gasteiger partial charge in [-0.1, -0.05) is 46.5 Å². The molecule has 1 unspecified atom stereocenters. The topological polar surface area (TPSA) is 95.6 Å². The third-order valence-corrected chi connectivity index (χ3v) is 7.85. The van der Waals surface area contributed by atoms with E-state index in [1.54, 1.807) is 17.0 Å². The van der Waals surface area contributed by atoms with Crippen LogP contribution < -0.4 is 14.9 Å². The van der Waals surface area contributed by atoms with E-state index in [0.29, 0.717) is 25.8 Å². The van der Waals surface area contributed by atoms with Gasteiger partial charge in [0, 0.05) is 24.7 Å². The van der Waals surface area contributed by atoms with Crippen molar-refractivity contribution in [1.82, 2.24) is 10.0 Å². The molecular weight excluding hydrogens is 426 g/mol. The summed E-state index contributed by atoms with van der Waals surface area (Å²) in [6.07, 6.45) is 7.94. The summed E-state index contributed by atoms with van der Waals surface area (Å²) in [5.74, 6) is -0.0454. The average Bonchev–Trinajstić information content (AvgIpc) is 3.00. The van der Waals surface area contributed by atoms with Crippen molar-refractivity contribution in [3.63, 3.8) is 0 Å². The minimum Gasteiger partial charge on any atom is -0.352 e. The first-order chi connectivity index (χ1) is 15.2. The summed E-state index contributed by atoms with van der Waals surface area (Å²) in [7, 11) is -3.88. The number of hydrogen-bond acceptors (Lipinski definition) is 4. The van der Waals surface area contributed by atoms with Crippen molar-refractivity contribution in [2.24, 2.45) is 5.92 Å². The van der Waals surface area contributed by atoms with Crippen molar-refractivity contribution in [2.75, 3.05) is 11.4 Å². The van der Waals surface area contributed by atoms with Crippen LogP contribution in [0.5, 0.6) is 0 Å². The number of sulfonamides is 1. The standard InChI is InChI=1S/C24H37N3O4S/c1-4-23(28)27-14-13-18-16-20(11-12-22(18)27)32(30,31)26-21(15-17(2)3)24(29)25-19-9-7-5-6-8-10-19/h11-12,16-17,19,21,26H,4-10,13-15H2,1-3H3,(H,25,29). The van der Waals surface area contributed by atoms with Crippen molar-refractivity contribution in [3.8, 4) is 0 Å². The molecule has 0 bridgehead atoms. The third-order valence-electron chi connectivity index (χ3n) is 6.38. The van der Waals surface area contributed by atoms with Gasteiger partial charge in [0.2, 0.25) is 21.8 Å². The molecule has 1 atom stereocenters. The highest BCUT2D eigenvalue weighted by Crippen LogP contribution is 2.31. The first-order valence-electron chi connectivity index (χ1n) is 12.0. The van der Waals surface area contributed by atoms with Crippen LogP contribution in [0.15, 0.2) is 23.1 Å². The Morgan fingerprint density at radius 2 is 1.81 bits per heavy atom. The zero-order valence-electron chi connectivity index (χ0n) is 19.5. The molecule has 178 valence electrons. The summed E-state index contributed by atoms with van der Waals surface area (Å²) in [5, 5.41) is 3.09. The monoisotopic (exact) mass is 463 g/mol. The van der Waals surface area contributed by atoms with Crippen LogP contribution in [0.2, 0.25) is 0 Å². The van der Waals surface area contributed by atoms with E-state index in [0.717, 1.165) is 36.9 Å². The fourth-order valence-electron chi connectivity index (χ4n) is 4.66. The van der Waals surface area contributed by atoms with Crippen LogP contribution in [0.1, 0.15) is 77.7 Å². The molecule has 7 nitrogen and oxygen atoms in total. The molecule has 2 N–H and O–H groups in total. The average molecular weight is 464 g/mol. The molecule has 1 saturated carbocycles. The molecule has 32 heavy (non-hydrogen) atoms. The summed E-state index contributed by atoms with van der Waals surface area (Å²) in [5.41, 5.74) is 1.62. The Balaban J connectivity index is 1.75. The predicted molar refractivity (Wildman–Crippen MR) is 126 cm³/mol. The predicted octanol–water partition coefficient (Wildman–Crippen LogP) is 3.52. The van der Waals surface area contributed by atoms with E-state index in [2.05, 4.69) is 10.0 Å². The summed E-state index contributed by atoms with van der Waals surface area (Å²) >= 11 is 0. The summed E-state index contributed by atoms with van der Waals surface area (Å²) in [6, 6.07) is 4.17. The molecule has 8 heteroatoms. The highest BCUT2D eigenvalue weighted by atomic mass is 32.2. The lowest BCUT2D eigenvalue weighted by atomic mass is 10.0. The van der Waals surface area contributed by atoms with Crippen molar-refractivity contribution in [1.29, 1.82) is 0 Å². The number of carbonyl (C=O) groups is 2. The molecule has 1 aromatic carbocycles. The molecule has 3 rings (SSSR count). The molecule has 0 radical (unpaired) electrons. The lowest BCUT2D eigenvalue weighted by molar-refractivity contribution is -0.124. The minimum atomic E-state index is -3.88. The van der Waals surface area contributed by atoms with Gasteiger partial charge in [-0.05, 0) is 55.4 Å². The number of hydrogen-bond donors (Lipinski definition) is 2. The molecule has 1 aliphatic carbocycles. The first-order valence-corrected chi connectivity index (χ1v) is 13.5. The molecule has 0 spiro atoms. The largest absolute Gasteiger partial charge is 0.352 e. The lowest BCUT2D eigenvalue weighted by Crippen LogP contribution is -2.50. The Morgan fingerprint density at radius 1 is 1.12 bits per heavy atom. The molecule has 1 fully saturated rings. The van der Waals surface area contributed by atoms with Gasteiger partial charge in [-0.15, -0.1) is 0 Å². The van der Waals surface area contributed by atoms with Crippen molar-refractivity contribution < 1.29 is 18.0 Å². The Kier molecular flexibility index (Phi) is 8.33. The second-order valence-corrected chi connectivity index (χ2v) is 11.2. The Hall–Kier alpha value is -1.93. The van der Waals surface area contributed by atoms with E-state index in [1.807, 2.05) is 20.8 Å². The molecule has 1 heterocycles.